The van der Waals surface area contributed by atoms with Crippen molar-refractivity contribution in [1.82, 2.24) is 15.1 Å². The van der Waals surface area contributed by atoms with E-state index in [-0.39, 0.29) is 6.04 Å². The molecule has 0 spiro atoms. The fraction of sp³-hybridized carbons (Fsp3) is 0.400. The van der Waals surface area contributed by atoms with Crippen LogP contribution in [0.2, 0.25) is 10.0 Å². The number of aromatic nitrogens is 2. The Labute approximate surface area is 129 Å². The molecule has 0 aliphatic carbocycles. The van der Waals surface area contributed by atoms with E-state index >= 15 is 0 Å². The first-order valence-electron chi connectivity index (χ1n) is 6.67. The van der Waals surface area contributed by atoms with Crippen LogP contribution < -0.4 is 5.32 Å². The summed E-state index contributed by atoms with van der Waals surface area (Å²) >= 11 is 12.0. The van der Waals surface area contributed by atoms with Crippen molar-refractivity contribution in [3.63, 3.8) is 0 Å². The van der Waals surface area contributed by atoms with Gasteiger partial charge in [0.1, 0.15) is 0 Å². The van der Waals surface area contributed by atoms with Crippen LogP contribution in [0.5, 0.6) is 0 Å². The lowest BCUT2D eigenvalue weighted by molar-refractivity contribution is 0.515. The molecule has 1 N–H and O–H groups in total. The highest BCUT2D eigenvalue weighted by Crippen LogP contribution is 2.27. The Bertz CT molecular complexity index is 578. The smallest absolute Gasteiger partial charge is 0.0643 e. The molecule has 2 aromatic rings. The Morgan fingerprint density at radius 2 is 1.95 bits per heavy atom. The van der Waals surface area contributed by atoms with Crippen molar-refractivity contribution < 1.29 is 0 Å². The highest BCUT2D eigenvalue weighted by atomic mass is 35.5. The molecule has 1 heterocycles. The maximum Gasteiger partial charge on any atom is 0.0643 e. The third-order valence-electron chi connectivity index (χ3n) is 3.30. The summed E-state index contributed by atoms with van der Waals surface area (Å²) in [7, 11) is 1.94. The second-order valence-corrected chi connectivity index (χ2v) is 5.91. The zero-order chi connectivity index (χ0) is 14.7. The van der Waals surface area contributed by atoms with E-state index in [9.17, 15) is 0 Å². The van der Waals surface area contributed by atoms with Crippen LogP contribution in [0.1, 0.15) is 37.2 Å². The molecular formula is C15H19Cl2N3. The average molecular weight is 312 g/mol. The van der Waals surface area contributed by atoms with E-state index < -0.39 is 0 Å². The third kappa shape index (κ3) is 3.54. The van der Waals surface area contributed by atoms with Crippen molar-refractivity contribution in [2.24, 2.45) is 0 Å². The van der Waals surface area contributed by atoms with Gasteiger partial charge in [-0.25, -0.2) is 0 Å². The Kier molecular flexibility index (Phi) is 5.08. The highest BCUT2D eigenvalue weighted by Gasteiger charge is 2.13. The van der Waals surface area contributed by atoms with Crippen molar-refractivity contribution in [1.29, 1.82) is 0 Å². The molecule has 20 heavy (non-hydrogen) atoms. The summed E-state index contributed by atoms with van der Waals surface area (Å²) in [5.41, 5.74) is 2.17. The van der Waals surface area contributed by atoms with Crippen molar-refractivity contribution in [2.45, 2.75) is 32.4 Å². The van der Waals surface area contributed by atoms with Gasteiger partial charge in [0.15, 0.2) is 0 Å². The summed E-state index contributed by atoms with van der Waals surface area (Å²) in [4.78, 5) is 0. The number of hydrogen-bond donors (Lipinski definition) is 1. The fourth-order valence-corrected chi connectivity index (χ4v) is 2.41. The first-order chi connectivity index (χ1) is 9.51. The van der Waals surface area contributed by atoms with Crippen LogP contribution in [-0.4, -0.2) is 16.8 Å². The largest absolute Gasteiger partial charge is 0.313 e. The highest BCUT2D eigenvalue weighted by molar-refractivity contribution is 6.42. The Hall–Kier alpha value is -1.03. The van der Waals surface area contributed by atoms with Gasteiger partial charge in [0.2, 0.25) is 0 Å². The summed E-state index contributed by atoms with van der Waals surface area (Å²) in [6.45, 7) is 4.23. The van der Waals surface area contributed by atoms with E-state index in [1.807, 2.05) is 36.1 Å². The molecule has 0 amide bonds. The normalized spacial score (nSPS) is 12.9. The second kappa shape index (κ2) is 6.61. The molecule has 2 rings (SSSR count). The molecule has 1 atom stereocenters. The second-order valence-electron chi connectivity index (χ2n) is 5.10. The summed E-state index contributed by atoms with van der Waals surface area (Å²) in [5.74, 6) is 0. The molecule has 1 aromatic carbocycles. The molecule has 0 saturated carbocycles. The molecule has 1 aromatic heterocycles. The lowest BCUT2D eigenvalue weighted by Crippen LogP contribution is -2.19. The van der Waals surface area contributed by atoms with Crippen LogP contribution in [0.25, 0.3) is 0 Å². The van der Waals surface area contributed by atoms with E-state index in [0.29, 0.717) is 16.1 Å². The van der Waals surface area contributed by atoms with Gasteiger partial charge in [0.05, 0.1) is 15.7 Å². The molecule has 108 valence electrons. The summed E-state index contributed by atoms with van der Waals surface area (Å²) in [5, 5.41) is 9.04. The van der Waals surface area contributed by atoms with Crippen LogP contribution in [-0.2, 0) is 6.42 Å². The van der Waals surface area contributed by atoms with Gasteiger partial charge in [-0.2, -0.15) is 5.10 Å². The number of likely N-dealkylation sites (N-methyl/N-ethyl adjacent to an activating group) is 1. The van der Waals surface area contributed by atoms with Crippen molar-refractivity contribution in [3.05, 3.63) is 51.8 Å². The number of halogens is 2. The van der Waals surface area contributed by atoms with Crippen molar-refractivity contribution in [2.75, 3.05) is 7.05 Å². The standard InChI is InChI=1S/C15H19Cl2N3/c1-10(2)20-7-6-12(19-20)9-15(18-3)11-4-5-13(16)14(17)8-11/h4-8,10,15,18H,9H2,1-3H3. The van der Waals surface area contributed by atoms with Crippen LogP contribution in [0.4, 0.5) is 0 Å². The maximum atomic E-state index is 6.08. The minimum atomic E-state index is 0.167. The Morgan fingerprint density at radius 3 is 2.50 bits per heavy atom. The van der Waals surface area contributed by atoms with Gasteiger partial charge in [-0.05, 0) is 44.7 Å². The topological polar surface area (TPSA) is 29.9 Å². The lowest BCUT2D eigenvalue weighted by Gasteiger charge is -2.16. The van der Waals surface area contributed by atoms with E-state index in [0.717, 1.165) is 17.7 Å². The average Bonchev–Trinajstić information content (AvgIpc) is 2.88. The minimum Gasteiger partial charge on any atom is -0.313 e. The van der Waals surface area contributed by atoms with Gasteiger partial charge < -0.3 is 5.32 Å². The molecule has 3 nitrogen and oxygen atoms in total. The number of nitrogens with zero attached hydrogens (tertiary/aromatic N) is 2. The van der Waals surface area contributed by atoms with E-state index in [2.05, 4.69) is 30.3 Å². The fourth-order valence-electron chi connectivity index (χ4n) is 2.10. The SMILES string of the molecule is CNC(Cc1ccn(C(C)C)n1)c1ccc(Cl)c(Cl)c1. The molecule has 0 fully saturated rings. The van der Waals surface area contributed by atoms with Crippen molar-refractivity contribution in [3.8, 4) is 0 Å². The molecule has 5 heteroatoms. The first-order valence-corrected chi connectivity index (χ1v) is 7.43. The van der Waals surface area contributed by atoms with Crippen LogP contribution >= 0.6 is 23.2 Å². The molecule has 0 aliphatic rings. The lowest BCUT2D eigenvalue weighted by atomic mass is 10.0. The van der Waals surface area contributed by atoms with E-state index in [1.54, 1.807) is 0 Å². The van der Waals surface area contributed by atoms with E-state index in [1.165, 1.54) is 0 Å². The zero-order valence-corrected chi connectivity index (χ0v) is 13.4. The van der Waals surface area contributed by atoms with Gasteiger partial charge in [0.25, 0.3) is 0 Å². The quantitative estimate of drug-likeness (QED) is 0.893. The summed E-state index contributed by atoms with van der Waals surface area (Å²) in [6.07, 6.45) is 2.83. The molecular weight excluding hydrogens is 293 g/mol. The van der Waals surface area contributed by atoms with Gasteiger partial charge in [-0.15, -0.1) is 0 Å². The number of rotatable bonds is 5. The molecule has 0 bridgehead atoms. The number of hydrogen-bond acceptors (Lipinski definition) is 2. The molecule has 0 aliphatic heterocycles. The predicted molar refractivity (Wildman–Crippen MR) is 84.6 cm³/mol. The number of nitrogens with one attached hydrogen (secondary N) is 1. The predicted octanol–water partition coefficient (Wildman–Crippen LogP) is 4.27. The van der Waals surface area contributed by atoms with Gasteiger partial charge >= 0.3 is 0 Å². The zero-order valence-electron chi connectivity index (χ0n) is 11.9. The first kappa shape index (κ1) is 15.4. The Morgan fingerprint density at radius 1 is 1.20 bits per heavy atom. The van der Waals surface area contributed by atoms with Crippen LogP contribution in [0, 0.1) is 0 Å². The number of benzene rings is 1. The monoisotopic (exact) mass is 311 g/mol. The third-order valence-corrected chi connectivity index (χ3v) is 4.04. The molecule has 0 saturated heterocycles. The van der Waals surface area contributed by atoms with Crippen LogP contribution in [0.3, 0.4) is 0 Å². The minimum absolute atomic E-state index is 0.167. The van der Waals surface area contributed by atoms with Gasteiger partial charge in [-0.1, -0.05) is 29.3 Å². The van der Waals surface area contributed by atoms with Gasteiger partial charge in [-0.3, -0.25) is 4.68 Å². The van der Waals surface area contributed by atoms with E-state index in [4.69, 9.17) is 23.2 Å². The van der Waals surface area contributed by atoms with Crippen LogP contribution in [0.15, 0.2) is 30.5 Å². The Balaban J connectivity index is 2.17. The van der Waals surface area contributed by atoms with Gasteiger partial charge in [0, 0.05) is 24.7 Å². The van der Waals surface area contributed by atoms with Crippen molar-refractivity contribution >= 4 is 23.2 Å². The molecule has 0 radical (unpaired) electrons. The maximum absolute atomic E-state index is 6.08. The molecule has 1 unspecified atom stereocenters. The summed E-state index contributed by atoms with van der Waals surface area (Å²) < 4.78 is 1.97. The summed E-state index contributed by atoms with van der Waals surface area (Å²) in [6, 6.07) is 8.33.